The second kappa shape index (κ2) is 7.69. The zero-order valence-electron chi connectivity index (χ0n) is 9.14. The van der Waals surface area contributed by atoms with E-state index in [0.29, 0.717) is 0 Å². The van der Waals surface area contributed by atoms with Gasteiger partial charge >= 0.3 is 99.5 Å². The molecule has 5 nitrogen and oxygen atoms in total. The first-order valence-electron chi connectivity index (χ1n) is 4.13. The predicted molar refractivity (Wildman–Crippen MR) is 57.4 cm³/mol. The van der Waals surface area contributed by atoms with Crippen molar-refractivity contribution in [1.82, 2.24) is 0 Å². The average Bonchev–Trinajstić information content (AvgIpc) is 2.32. The Morgan fingerprint density at radius 3 is 2.19 bits per heavy atom. The summed E-state index contributed by atoms with van der Waals surface area (Å²) in [4.78, 5) is 22.8. The molecule has 0 aliphatic rings. The summed E-state index contributed by atoms with van der Waals surface area (Å²) in [6.07, 6.45) is 2.37. The van der Waals surface area contributed by atoms with Gasteiger partial charge in [0.1, 0.15) is 0 Å². The molecule has 0 saturated heterocycles. The number of carbonyl (C=O) groups excluding carboxylic acids is 2. The Labute approximate surface area is 99.9 Å². The third-order valence-corrected chi connectivity index (χ3v) is 3.22. The summed E-state index contributed by atoms with van der Waals surface area (Å²) in [7, 11) is 2.44. The van der Waals surface area contributed by atoms with Crippen molar-refractivity contribution >= 4 is 26.9 Å². The molecule has 16 heavy (non-hydrogen) atoms. The number of hydrogen-bond acceptors (Lipinski definition) is 5. The number of nitrogens with zero attached hydrogens (tertiary/aromatic N) is 1. The SMILES string of the molecule is COC(=O)C(/C=C/C#N)=C(/[Se]C)C(=O)OC. The van der Waals surface area contributed by atoms with Gasteiger partial charge in [-0.3, -0.25) is 0 Å². The minimum absolute atomic E-state index is 0.0680. The van der Waals surface area contributed by atoms with Crippen LogP contribution in [0.15, 0.2) is 22.2 Å². The van der Waals surface area contributed by atoms with E-state index < -0.39 is 11.9 Å². The first-order chi connectivity index (χ1) is 7.62. The van der Waals surface area contributed by atoms with Crippen molar-refractivity contribution in [1.29, 1.82) is 5.26 Å². The maximum atomic E-state index is 11.4. The fourth-order valence-corrected chi connectivity index (χ4v) is 2.17. The van der Waals surface area contributed by atoms with Gasteiger partial charge in [0.15, 0.2) is 0 Å². The minimum atomic E-state index is -0.657. The van der Waals surface area contributed by atoms with Gasteiger partial charge < -0.3 is 0 Å². The Kier molecular flexibility index (Phi) is 6.93. The number of ether oxygens (including phenoxy) is 2. The Balaban J connectivity index is 5.48. The number of methoxy groups -OCH3 is 2. The number of nitriles is 1. The normalized spacial score (nSPS) is 11.6. The molecule has 0 aromatic heterocycles. The molecular weight excluding hydrogens is 277 g/mol. The third-order valence-electron chi connectivity index (χ3n) is 1.55. The standard InChI is InChI=1S/C10H11NO4Se/c1-14-9(12)7(5-4-6-11)8(16-3)10(13)15-2/h4-5H,1-3H3/b5-4+,8-7+. The molecule has 86 valence electrons. The molecular formula is C10H11NO4Se. The topological polar surface area (TPSA) is 76.4 Å². The van der Waals surface area contributed by atoms with Gasteiger partial charge in [0, 0.05) is 0 Å². The van der Waals surface area contributed by atoms with Gasteiger partial charge in [0.25, 0.3) is 0 Å². The molecule has 0 N–H and O–H groups in total. The first-order valence-corrected chi connectivity index (χ1v) is 6.70. The van der Waals surface area contributed by atoms with Crippen molar-refractivity contribution in [3.05, 3.63) is 22.2 Å². The molecule has 0 radical (unpaired) electrons. The molecule has 0 atom stereocenters. The molecule has 0 spiro atoms. The summed E-state index contributed by atoms with van der Waals surface area (Å²) in [6.45, 7) is 0. The van der Waals surface area contributed by atoms with Crippen LogP contribution in [-0.2, 0) is 19.1 Å². The van der Waals surface area contributed by atoms with E-state index in [0.717, 1.165) is 6.08 Å². The van der Waals surface area contributed by atoms with Gasteiger partial charge in [-0.05, 0) is 0 Å². The zero-order valence-corrected chi connectivity index (χ0v) is 10.9. The summed E-state index contributed by atoms with van der Waals surface area (Å²) in [6, 6.07) is 1.75. The zero-order chi connectivity index (χ0) is 12.6. The molecule has 0 heterocycles. The molecule has 0 bridgehead atoms. The van der Waals surface area contributed by atoms with Gasteiger partial charge in [-0.2, -0.15) is 0 Å². The van der Waals surface area contributed by atoms with E-state index in [1.807, 2.05) is 0 Å². The predicted octanol–water partition coefficient (Wildman–Crippen LogP) is 0.419. The maximum absolute atomic E-state index is 11.4. The molecule has 0 amide bonds. The van der Waals surface area contributed by atoms with Gasteiger partial charge in [-0.1, -0.05) is 0 Å². The van der Waals surface area contributed by atoms with E-state index in [1.165, 1.54) is 20.3 Å². The molecule has 0 aliphatic heterocycles. The summed E-state index contributed by atoms with van der Waals surface area (Å²) >= 11 is -0.240. The van der Waals surface area contributed by atoms with Crippen molar-refractivity contribution in [2.75, 3.05) is 14.2 Å². The van der Waals surface area contributed by atoms with Crippen molar-refractivity contribution < 1.29 is 19.1 Å². The van der Waals surface area contributed by atoms with Crippen molar-refractivity contribution in [3.8, 4) is 6.07 Å². The van der Waals surface area contributed by atoms with Gasteiger partial charge in [-0.25, -0.2) is 0 Å². The quantitative estimate of drug-likeness (QED) is 0.246. The van der Waals surface area contributed by atoms with E-state index in [1.54, 1.807) is 11.9 Å². The molecule has 0 aromatic carbocycles. The van der Waals surface area contributed by atoms with Gasteiger partial charge in [0.05, 0.1) is 0 Å². The summed E-state index contributed by atoms with van der Waals surface area (Å²) in [5.74, 6) is 0.531. The number of esters is 2. The third kappa shape index (κ3) is 3.89. The van der Waals surface area contributed by atoms with Crippen LogP contribution >= 0.6 is 0 Å². The summed E-state index contributed by atoms with van der Waals surface area (Å²) in [5.41, 5.74) is 0.0680. The van der Waals surface area contributed by atoms with E-state index >= 15 is 0 Å². The second-order valence-electron chi connectivity index (χ2n) is 2.39. The Morgan fingerprint density at radius 2 is 1.81 bits per heavy atom. The van der Waals surface area contributed by atoms with E-state index in [4.69, 9.17) is 5.26 Å². The fourth-order valence-electron chi connectivity index (χ4n) is 0.863. The van der Waals surface area contributed by atoms with Crippen LogP contribution in [0.2, 0.25) is 5.82 Å². The van der Waals surface area contributed by atoms with Crippen LogP contribution in [0.5, 0.6) is 0 Å². The molecule has 0 aromatic rings. The number of allylic oxidation sites excluding steroid dienone is 1. The van der Waals surface area contributed by atoms with Crippen LogP contribution in [0.25, 0.3) is 0 Å². The fraction of sp³-hybridized carbons (Fsp3) is 0.300. The second-order valence-corrected chi connectivity index (χ2v) is 4.11. The molecule has 0 saturated carbocycles. The average molecular weight is 288 g/mol. The summed E-state index contributed by atoms with van der Waals surface area (Å²) in [5, 5.41) is 8.40. The van der Waals surface area contributed by atoms with Crippen LogP contribution in [0.3, 0.4) is 0 Å². The van der Waals surface area contributed by atoms with Crippen molar-refractivity contribution in [2.45, 2.75) is 5.82 Å². The summed E-state index contributed by atoms with van der Waals surface area (Å²) < 4.78 is 9.33. The Hall–Kier alpha value is -1.57. The Morgan fingerprint density at radius 1 is 1.25 bits per heavy atom. The van der Waals surface area contributed by atoms with Crippen molar-refractivity contribution in [2.24, 2.45) is 0 Å². The molecule has 0 unspecified atom stereocenters. The van der Waals surface area contributed by atoms with E-state index in [2.05, 4.69) is 9.47 Å². The van der Waals surface area contributed by atoms with Crippen molar-refractivity contribution in [3.63, 3.8) is 0 Å². The van der Waals surface area contributed by atoms with Crippen LogP contribution in [-0.4, -0.2) is 41.1 Å². The molecule has 0 aliphatic carbocycles. The van der Waals surface area contributed by atoms with E-state index in [9.17, 15) is 9.59 Å². The number of rotatable bonds is 4. The number of hydrogen-bond donors (Lipinski definition) is 0. The molecule has 0 fully saturated rings. The first kappa shape index (κ1) is 14.4. The van der Waals surface area contributed by atoms with Crippen LogP contribution in [0, 0.1) is 11.3 Å². The number of carbonyl (C=O) groups is 2. The van der Waals surface area contributed by atoms with Crippen LogP contribution in [0.4, 0.5) is 0 Å². The van der Waals surface area contributed by atoms with Crippen LogP contribution in [0.1, 0.15) is 0 Å². The molecule has 6 heteroatoms. The monoisotopic (exact) mass is 289 g/mol. The molecule has 0 rings (SSSR count). The van der Waals surface area contributed by atoms with Crippen LogP contribution < -0.4 is 0 Å². The Bertz CT molecular complexity index is 379. The van der Waals surface area contributed by atoms with E-state index in [-0.39, 0.29) is 25.0 Å². The van der Waals surface area contributed by atoms with Gasteiger partial charge in [0.2, 0.25) is 0 Å². The van der Waals surface area contributed by atoms with Gasteiger partial charge in [-0.15, -0.1) is 0 Å².